The number of halogens is 2. The van der Waals surface area contributed by atoms with Crippen molar-refractivity contribution in [3.63, 3.8) is 0 Å². The highest BCUT2D eigenvalue weighted by atomic mass is 35.5. The Morgan fingerprint density at radius 2 is 1.72 bits per heavy atom. The predicted octanol–water partition coefficient (Wildman–Crippen LogP) is 3.47. The van der Waals surface area contributed by atoms with Crippen LogP contribution in [0.25, 0.3) is 0 Å². The maximum absolute atomic E-state index is 13.1. The molecule has 0 aromatic heterocycles. The van der Waals surface area contributed by atoms with Gasteiger partial charge < -0.3 is 0 Å². The van der Waals surface area contributed by atoms with E-state index in [1.807, 2.05) is 30.3 Å². The Bertz CT molecular complexity index is 859. The van der Waals surface area contributed by atoms with Crippen LogP contribution in [0.1, 0.15) is 11.6 Å². The van der Waals surface area contributed by atoms with E-state index in [2.05, 4.69) is 0 Å². The molecule has 0 aliphatic carbocycles. The lowest BCUT2D eigenvalue weighted by molar-refractivity contribution is -0.160. The molecular weight excluding hydrogens is 363 g/mol. The topological polar surface area (TPSA) is 49.9 Å². The molecule has 128 valence electrons. The summed E-state index contributed by atoms with van der Waals surface area (Å²) >= 11 is 12.1. The molecule has 2 heterocycles. The van der Waals surface area contributed by atoms with Gasteiger partial charge in [0, 0.05) is 12.1 Å². The molecule has 2 fully saturated rings. The number of carbonyl (C=O) groups excluding carboxylic acids is 2. The number of carbonyl (C=O) groups is 2. The minimum atomic E-state index is -0.852. The molecule has 0 N–H and O–H groups in total. The molecule has 7 heteroatoms. The SMILES string of the molecule is CN1OC2C(=O)N(c3ccc(Cl)cc3Cl)C(=O)C2C1c1ccccc1. The number of rotatable bonds is 2. The Labute approximate surface area is 154 Å². The van der Waals surface area contributed by atoms with Crippen LogP contribution in [-0.2, 0) is 14.4 Å². The number of anilines is 1. The normalized spacial score (nSPS) is 26.4. The summed E-state index contributed by atoms with van der Waals surface area (Å²) in [4.78, 5) is 32.7. The highest BCUT2D eigenvalue weighted by Crippen LogP contribution is 2.45. The Hall–Kier alpha value is -1.92. The van der Waals surface area contributed by atoms with Crippen molar-refractivity contribution in [1.82, 2.24) is 5.06 Å². The summed E-state index contributed by atoms with van der Waals surface area (Å²) in [6.07, 6.45) is -0.852. The van der Waals surface area contributed by atoms with Gasteiger partial charge in [0.25, 0.3) is 5.91 Å². The second-order valence-corrected chi connectivity index (χ2v) is 6.90. The van der Waals surface area contributed by atoms with Gasteiger partial charge in [-0.1, -0.05) is 53.5 Å². The number of amides is 2. The first-order chi connectivity index (χ1) is 12.0. The highest BCUT2D eigenvalue weighted by molar-refractivity contribution is 6.38. The smallest absolute Gasteiger partial charge is 0.266 e. The van der Waals surface area contributed by atoms with Gasteiger partial charge in [-0.3, -0.25) is 14.4 Å². The average molecular weight is 377 g/mol. The van der Waals surface area contributed by atoms with Crippen molar-refractivity contribution >= 4 is 40.7 Å². The second kappa shape index (κ2) is 6.11. The molecule has 0 radical (unpaired) electrons. The number of imide groups is 1. The summed E-state index contributed by atoms with van der Waals surface area (Å²) in [5.41, 5.74) is 1.25. The van der Waals surface area contributed by atoms with Crippen molar-refractivity contribution in [1.29, 1.82) is 0 Å². The predicted molar refractivity (Wildman–Crippen MR) is 94.3 cm³/mol. The highest BCUT2D eigenvalue weighted by Gasteiger charge is 2.59. The number of benzene rings is 2. The zero-order valence-corrected chi connectivity index (χ0v) is 14.7. The Balaban J connectivity index is 1.74. The van der Waals surface area contributed by atoms with E-state index in [1.165, 1.54) is 6.07 Å². The quantitative estimate of drug-likeness (QED) is 0.753. The van der Waals surface area contributed by atoms with E-state index in [0.29, 0.717) is 10.7 Å². The number of fused-ring (bicyclic) bond motifs is 1. The van der Waals surface area contributed by atoms with Gasteiger partial charge in [0.2, 0.25) is 5.91 Å². The molecule has 5 nitrogen and oxygen atoms in total. The molecular formula is C18H14Cl2N2O3. The standard InChI is InChI=1S/C18H14Cl2N2O3/c1-21-15(10-5-3-2-4-6-10)14-16(25-21)18(24)22(17(14)23)13-8-7-11(19)9-12(13)20/h2-9,14-16H,1H3. The van der Waals surface area contributed by atoms with E-state index >= 15 is 0 Å². The van der Waals surface area contributed by atoms with Crippen LogP contribution in [0.5, 0.6) is 0 Å². The van der Waals surface area contributed by atoms with Crippen LogP contribution < -0.4 is 4.90 Å². The van der Waals surface area contributed by atoms with Crippen molar-refractivity contribution in [3.8, 4) is 0 Å². The zero-order chi connectivity index (χ0) is 17.7. The molecule has 2 aromatic rings. The summed E-state index contributed by atoms with van der Waals surface area (Å²) in [6.45, 7) is 0. The van der Waals surface area contributed by atoms with Crippen molar-refractivity contribution in [2.24, 2.45) is 5.92 Å². The van der Waals surface area contributed by atoms with Gasteiger partial charge in [0.05, 0.1) is 22.7 Å². The van der Waals surface area contributed by atoms with E-state index in [0.717, 1.165) is 10.5 Å². The van der Waals surface area contributed by atoms with Crippen LogP contribution in [0.4, 0.5) is 5.69 Å². The van der Waals surface area contributed by atoms with Gasteiger partial charge in [-0.05, 0) is 23.8 Å². The van der Waals surface area contributed by atoms with E-state index in [4.69, 9.17) is 28.0 Å². The van der Waals surface area contributed by atoms with Crippen molar-refractivity contribution in [3.05, 3.63) is 64.1 Å². The first kappa shape index (κ1) is 16.5. The molecule has 3 unspecified atom stereocenters. The Morgan fingerprint density at radius 1 is 1.00 bits per heavy atom. The van der Waals surface area contributed by atoms with E-state index in [-0.39, 0.29) is 17.0 Å². The molecule has 2 amide bonds. The number of hydroxylamine groups is 2. The van der Waals surface area contributed by atoms with Gasteiger partial charge in [0.15, 0.2) is 6.10 Å². The fourth-order valence-corrected chi connectivity index (χ4v) is 4.01. The average Bonchev–Trinajstić information content (AvgIpc) is 3.04. The zero-order valence-electron chi connectivity index (χ0n) is 13.2. The van der Waals surface area contributed by atoms with E-state index in [1.54, 1.807) is 24.2 Å². The maximum atomic E-state index is 13.1. The van der Waals surface area contributed by atoms with Gasteiger partial charge in [-0.25, -0.2) is 4.90 Å². The largest absolute Gasteiger partial charge is 0.284 e. The van der Waals surface area contributed by atoms with Crippen molar-refractivity contribution in [2.75, 3.05) is 11.9 Å². The summed E-state index contributed by atoms with van der Waals surface area (Å²) in [7, 11) is 1.73. The summed E-state index contributed by atoms with van der Waals surface area (Å²) in [5, 5.41) is 2.27. The lowest BCUT2D eigenvalue weighted by Crippen LogP contribution is -2.36. The molecule has 4 rings (SSSR count). The molecule has 2 aliphatic rings. The second-order valence-electron chi connectivity index (χ2n) is 6.06. The fourth-order valence-electron chi connectivity index (χ4n) is 3.52. The van der Waals surface area contributed by atoms with Crippen molar-refractivity contribution in [2.45, 2.75) is 12.1 Å². The minimum Gasteiger partial charge on any atom is -0.284 e. The van der Waals surface area contributed by atoms with Gasteiger partial charge >= 0.3 is 0 Å². The Kier molecular flexibility index (Phi) is 4.04. The first-order valence-electron chi connectivity index (χ1n) is 7.76. The van der Waals surface area contributed by atoms with Gasteiger partial charge in [0.1, 0.15) is 0 Å². The number of nitrogens with zero attached hydrogens (tertiary/aromatic N) is 2. The fraction of sp³-hybridized carbons (Fsp3) is 0.222. The third-order valence-corrected chi connectivity index (χ3v) is 5.14. The lowest BCUT2D eigenvalue weighted by Gasteiger charge is -2.24. The lowest BCUT2D eigenvalue weighted by atomic mass is 9.91. The van der Waals surface area contributed by atoms with Crippen LogP contribution >= 0.6 is 23.2 Å². The van der Waals surface area contributed by atoms with Crippen LogP contribution in [0.2, 0.25) is 10.0 Å². The monoisotopic (exact) mass is 376 g/mol. The molecule has 0 saturated carbocycles. The van der Waals surface area contributed by atoms with Crippen LogP contribution in [0, 0.1) is 5.92 Å². The minimum absolute atomic E-state index is 0.249. The van der Waals surface area contributed by atoms with Gasteiger partial charge in [-0.2, -0.15) is 5.06 Å². The molecule has 2 saturated heterocycles. The third kappa shape index (κ3) is 2.55. The summed E-state index contributed by atoms with van der Waals surface area (Å²) in [5.74, 6) is -1.35. The van der Waals surface area contributed by atoms with Crippen LogP contribution in [-0.4, -0.2) is 30.0 Å². The first-order valence-corrected chi connectivity index (χ1v) is 8.52. The summed E-state index contributed by atoms with van der Waals surface area (Å²) < 4.78 is 0. The molecule has 2 aromatic carbocycles. The van der Waals surface area contributed by atoms with Gasteiger partial charge in [-0.15, -0.1) is 0 Å². The molecule has 2 aliphatic heterocycles. The van der Waals surface area contributed by atoms with Crippen molar-refractivity contribution < 1.29 is 14.4 Å². The molecule has 0 spiro atoms. The number of hydrogen-bond acceptors (Lipinski definition) is 4. The Morgan fingerprint density at radius 3 is 2.40 bits per heavy atom. The molecule has 3 atom stereocenters. The van der Waals surface area contributed by atoms with Crippen LogP contribution in [0.3, 0.4) is 0 Å². The third-order valence-electron chi connectivity index (χ3n) is 4.60. The van der Waals surface area contributed by atoms with E-state index < -0.39 is 17.9 Å². The molecule has 25 heavy (non-hydrogen) atoms. The molecule has 0 bridgehead atoms. The summed E-state index contributed by atoms with van der Waals surface area (Å²) in [6, 6.07) is 13.9. The van der Waals surface area contributed by atoms with E-state index in [9.17, 15) is 9.59 Å². The van der Waals surface area contributed by atoms with Crippen LogP contribution in [0.15, 0.2) is 48.5 Å². The number of hydrogen-bond donors (Lipinski definition) is 0. The maximum Gasteiger partial charge on any atom is 0.266 e.